The van der Waals surface area contributed by atoms with Crippen molar-refractivity contribution in [2.75, 3.05) is 6.54 Å². The number of rotatable bonds is 3. The molecule has 1 saturated carbocycles. The quantitative estimate of drug-likeness (QED) is 0.884. The van der Waals surface area contributed by atoms with E-state index >= 15 is 0 Å². The van der Waals surface area contributed by atoms with Crippen molar-refractivity contribution in [3.05, 3.63) is 34.3 Å². The number of nitrogens with two attached hydrogens (primary N) is 1. The van der Waals surface area contributed by atoms with Gasteiger partial charge in [-0.25, -0.2) is 0 Å². The van der Waals surface area contributed by atoms with Gasteiger partial charge < -0.3 is 11.1 Å². The monoisotopic (exact) mass is 266 g/mol. The molecule has 3 N–H and O–H groups in total. The summed E-state index contributed by atoms with van der Waals surface area (Å²) >= 11 is 5.89. The first kappa shape index (κ1) is 13.4. The lowest BCUT2D eigenvalue weighted by molar-refractivity contribution is 0.0902. The minimum atomic E-state index is -0.205. The molecular weight excluding hydrogens is 248 g/mol. The van der Waals surface area contributed by atoms with Crippen LogP contribution in [0.3, 0.4) is 0 Å². The second kappa shape index (κ2) is 5.29. The summed E-state index contributed by atoms with van der Waals surface area (Å²) < 4.78 is 0. The van der Waals surface area contributed by atoms with Crippen molar-refractivity contribution in [2.24, 2.45) is 5.73 Å². The summed E-state index contributed by atoms with van der Waals surface area (Å²) in [6.07, 6.45) is 4.22. The molecule has 1 aliphatic rings. The van der Waals surface area contributed by atoms with E-state index in [9.17, 15) is 4.79 Å². The maximum Gasteiger partial charge on any atom is 0.252 e. The highest BCUT2D eigenvalue weighted by atomic mass is 35.5. The Labute approximate surface area is 113 Å². The summed E-state index contributed by atoms with van der Waals surface area (Å²) in [6.45, 7) is 2.40. The van der Waals surface area contributed by atoms with Crippen LogP contribution in [-0.4, -0.2) is 18.0 Å². The SMILES string of the molecule is Cc1cc(Cl)ccc1C(=O)NC1(CN)CCCC1. The Morgan fingerprint density at radius 2 is 2.11 bits per heavy atom. The van der Waals surface area contributed by atoms with Gasteiger partial charge in [-0.05, 0) is 43.5 Å². The van der Waals surface area contributed by atoms with Crippen LogP contribution in [0.15, 0.2) is 18.2 Å². The van der Waals surface area contributed by atoms with Gasteiger partial charge in [-0.1, -0.05) is 24.4 Å². The number of amides is 1. The largest absolute Gasteiger partial charge is 0.345 e. The highest BCUT2D eigenvalue weighted by molar-refractivity contribution is 6.30. The fraction of sp³-hybridized carbons (Fsp3) is 0.500. The van der Waals surface area contributed by atoms with Crippen molar-refractivity contribution in [1.82, 2.24) is 5.32 Å². The predicted molar refractivity (Wildman–Crippen MR) is 73.9 cm³/mol. The number of hydrogen-bond donors (Lipinski definition) is 2. The molecule has 0 radical (unpaired) electrons. The summed E-state index contributed by atoms with van der Waals surface area (Å²) in [4.78, 5) is 12.3. The first-order chi connectivity index (χ1) is 8.56. The molecule has 1 aliphatic carbocycles. The van der Waals surface area contributed by atoms with Crippen LogP contribution < -0.4 is 11.1 Å². The van der Waals surface area contributed by atoms with Gasteiger partial charge in [0.2, 0.25) is 0 Å². The van der Waals surface area contributed by atoms with Gasteiger partial charge in [0.25, 0.3) is 5.91 Å². The van der Waals surface area contributed by atoms with Crippen molar-refractivity contribution < 1.29 is 4.79 Å². The molecule has 2 rings (SSSR count). The summed E-state index contributed by atoms with van der Waals surface area (Å²) in [5.74, 6) is -0.0449. The number of carbonyl (C=O) groups is 1. The Morgan fingerprint density at radius 3 is 2.67 bits per heavy atom. The van der Waals surface area contributed by atoms with Crippen LogP contribution in [-0.2, 0) is 0 Å². The third-order valence-corrected chi connectivity index (χ3v) is 4.00. The van der Waals surface area contributed by atoms with E-state index in [0.717, 1.165) is 31.2 Å². The van der Waals surface area contributed by atoms with Crippen LogP contribution in [0.5, 0.6) is 0 Å². The molecule has 0 heterocycles. The third kappa shape index (κ3) is 2.68. The van der Waals surface area contributed by atoms with Crippen LogP contribution >= 0.6 is 11.6 Å². The first-order valence-corrected chi connectivity index (χ1v) is 6.73. The normalized spacial score (nSPS) is 17.7. The second-order valence-corrected chi connectivity index (χ2v) is 5.54. The summed E-state index contributed by atoms with van der Waals surface area (Å²) in [6, 6.07) is 5.32. The van der Waals surface area contributed by atoms with Crippen molar-refractivity contribution >= 4 is 17.5 Å². The molecule has 0 saturated heterocycles. The highest BCUT2D eigenvalue weighted by Gasteiger charge is 2.34. The molecule has 0 spiro atoms. The van der Waals surface area contributed by atoms with Crippen LogP contribution in [0, 0.1) is 6.92 Å². The molecule has 98 valence electrons. The highest BCUT2D eigenvalue weighted by Crippen LogP contribution is 2.29. The van der Waals surface area contributed by atoms with E-state index in [2.05, 4.69) is 5.32 Å². The van der Waals surface area contributed by atoms with Gasteiger partial charge >= 0.3 is 0 Å². The molecule has 1 fully saturated rings. The zero-order valence-electron chi connectivity index (χ0n) is 10.6. The van der Waals surface area contributed by atoms with Gasteiger partial charge in [0.15, 0.2) is 0 Å². The molecule has 3 nitrogen and oxygen atoms in total. The molecule has 1 aromatic carbocycles. The molecule has 0 aliphatic heterocycles. The molecule has 4 heteroatoms. The van der Waals surface area contributed by atoms with Crippen molar-refractivity contribution in [3.8, 4) is 0 Å². The Bertz CT molecular complexity index is 453. The molecule has 0 unspecified atom stereocenters. The first-order valence-electron chi connectivity index (χ1n) is 6.35. The number of aryl methyl sites for hydroxylation is 1. The molecule has 18 heavy (non-hydrogen) atoms. The standard InChI is InChI=1S/C14H19ClN2O/c1-10-8-11(15)4-5-12(10)13(18)17-14(9-16)6-2-3-7-14/h4-5,8H,2-3,6-7,9,16H2,1H3,(H,17,18). The summed E-state index contributed by atoms with van der Waals surface area (Å²) in [7, 11) is 0. The average Bonchev–Trinajstić information content (AvgIpc) is 2.78. The van der Waals surface area contributed by atoms with E-state index in [0.29, 0.717) is 17.1 Å². The Balaban J connectivity index is 2.16. The van der Waals surface area contributed by atoms with Crippen LogP contribution in [0.1, 0.15) is 41.6 Å². The minimum absolute atomic E-state index is 0.0449. The van der Waals surface area contributed by atoms with Gasteiger partial charge in [0.05, 0.1) is 5.54 Å². The van der Waals surface area contributed by atoms with E-state index in [1.165, 1.54) is 0 Å². The van der Waals surface area contributed by atoms with E-state index in [1.54, 1.807) is 18.2 Å². The second-order valence-electron chi connectivity index (χ2n) is 5.10. The van der Waals surface area contributed by atoms with Crippen LogP contribution in [0.25, 0.3) is 0 Å². The molecular formula is C14H19ClN2O. The van der Waals surface area contributed by atoms with E-state index in [1.807, 2.05) is 6.92 Å². The van der Waals surface area contributed by atoms with Crippen LogP contribution in [0.2, 0.25) is 5.02 Å². The molecule has 1 amide bonds. The lowest BCUT2D eigenvalue weighted by Gasteiger charge is -2.29. The van der Waals surface area contributed by atoms with Gasteiger partial charge in [0.1, 0.15) is 0 Å². The Hall–Kier alpha value is -1.06. The van der Waals surface area contributed by atoms with Gasteiger partial charge in [-0.15, -0.1) is 0 Å². The van der Waals surface area contributed by atoms with Crippen molar-refractivity contribution in [2.45, 2.75) is 38.1 Å². The smallest absolute Gasteiger partial charge is 0.252 e. The number of carbonyl (C=O) groups excluding carboxylic acids is 1. The number of halogens is 1. The molecule has 0 bridgehead atoms. The third-order valence-electron chi connectivity index (χ3n) is 3.76. The number of nitrogens with one attached hydrogen (secondary N) is 1. The molecule has 1 aromatic rings. The number of benzene rings is 1. The van der Waals surface area contributed by atoms with Gasteiger partial charge in [-0.3, -0.25) is 4.79 Å². The molecule has 0 atom stereocenters. The zero-order valence-corrected chi connectivity index (χ0v) is 11.4. The van der Waals surface area contributed by atoms with Gasteiger partial charge in [0, 0.05) is 17.1 Å². The average molecular weight is 267 g/mol. The van der Waals surface area contributed by atoms with E-state index in [4.69, 9.17) is 17.3 Å². The summed E-state index contributed by atoms with van der Waals surface area (Å²) in [5.41, 5.74) is 7.19. The van der Waals surface area contributed by atoms with Crippen LogP contribution in [0.4, 0.5) is 0 Å². The zero-order chi connectivity index (χ0) is 13.2. The van der Waals surface area contributed by atoms with Crippen molar-refractivity contribution in [1.29, 1.82) is 0 Å². The Morgan fingerprint density at radius 1 is 1.44 bits per heavy atom. The van der Waals surface area contributed by atoms with Gasteiger partial charge in [-0.2, -0.15) is 0 Å². The molecule has 0 aromatic heterocycles. The Kier molecular flexibility index (Phi) is 3.93. The number of hydrogen-bond acceptors (Lipinski definition) is 2. The fourth-order valence-corrected chi connectivity index (χ4v) is 2.85. The fourth-order valence-electron chi connectivity index (χ4n) is 2.62. The van der Waals surface area contributed by atoms with Crippen molar-refractivity contribution in [3.63, 3.8) is 0 Å². The topological polar surface area (TPSA) is 55.1 Å². The maximum atomic E-state index is 12.3. The summed E-state index contributed by atoms with van der Waals surface area (Å²) in [5, 5.41) is 3.76. The maximum absolute atomic E-state index is 12.3. The lowest BCUT2D eigenvalue weighted by atomic mass is 9.96. The van der Waals surface area contributed by atoms with E-state index in [-0.39, 0.29) is 11.4 Å². The van der Waals surface area contributed by atoms with E-state index < -0.39 is 0 Å². The predicted octanol–water partition coefficient (Wildman–Crippen LogP) is 2.65. The minimum Gasteiger partial charge on any atom is -0.345 e. The lowest BCUT2D eigenvalue weighted by Crippen LogP contribution is -2.51.